The number of carbonyl (C=O) groups is 4. The third kappa shape index (κ3) is 9.25. The van der Waals surface area contributed by atoms with Crippen LogP contribution in [0.3, 0.4) is 0 Å². The van der Waals surface area contributed by atoms with Gasteiger partial charge in [0.1, 0.15) is 18.7 Å². The topological polar surface area (TPSA) is 120 Å². The van der Waals surface area contributed by atoms with Gasteiger partial charge >= 0.3 is 6.09 Å². The molecule has 1 aliphatic heterocycles. The minimum atomic E-state index is -0.739. The minimum Gasteiger partial charge on any atom is -0.449 e. The number of rotatable bonds is 13. The van der Waals surface area contributed by atoms with Crippen LogP contribution in [0, 0.1) is 5.92 Å². The third-order valence-electron chi connectivity index (χ3n) is 11.3. The molecule has 286 valence electrons. The predicted molar refractivity (Wildman–Crippen MR) is 213 cm³/mol. The van der Waals surface area contributed by atoms with E-state index in [9.17, 15) is 19.2 Å². The Labute approximate surface area is 323 Å². The van der Waals surface area contributed by atoms with Gasteiger partial charge in [0.2, 0.25) is 17.7 Å². The van der Waals surface area contributed by atoms with E-state index < -0.39 is 18.2 Å². The molecule has 2 unspecified atom stereocenters. The zero-order chi connectivity index (χ0) is 38.1. The number of fused-ring (bicyclic) bond motifs is 3. The molecule has 2 fully saturated rings. The Hall–Kier alpha value is -5.48. The summed E-state index contributed by atoms with van der Waals surface area (Å²) < 4.78 is 5.82. The molecule has 4 aromatic carbocycles. The van der Waals surface area contributed by atoms with Crippen molar-refractivity contribution in [2.24, 2.45) is 5.92 Å². The molecule has 3 N–H and O–H groups in total. The number of piperazine rings is 1. The van der Waals surface area contributed by atoms with Crippen LogP contribution in [0.4, 0.5) is 10.5 Å². The summed E-state index contributed by atoms with van der Waals surface area (Å²) in [5.41, 5.74) is 7.26. The highest BCUT2D eigenvalue weighted by Gasteiger charge is 2.34. The van der Waals surface area contributed by atoms with Crippen LogP contribution in [0.5, 0.6) is 0 Å². The maximum absolute atomic E-state index is 13.7. The van der Waals surface area contributed by atoms with E-state index in [1.807, 2.05) is 59.5 Å². The van der Waals surface area contributed by atoms with Crippen LogP contribution in [0.2, 0.25) is 0 Å². The molecular formula is C45H51N5O5. The predicted octanol–water partition coefficient (Wildman–Crippen LogP) is 6.50. The van der Waals surface area contributed by atoms with Crippen LogP contribution >= 0.6 is 0 Å². The lowest BCUT2D eigenvalue weighted by molar-refractivity contribution is -0.138. The SMILES string of the molecule is CCC(=O)NC(Cc1ccc(NC(=O)C(NC(=O)OCC2c3ccccc3-c3ccccc32)C2CCCC2)cc1)C(=O)N1CCN(Cc2ccccc2)CC1. The number of alkyl carbamates (subject to hydrolysis) is 1. The Balaban J connectivity index is 0.949. The Morgan fingerprint density at radius 2 is 1.35 bits per heavy atom. The average Bonchev–Trinajstić information content (AvgIpc) is 3.87. The quantitative estimate of drug-likeness (QED) is 0.144. The number of amides is 4. The fraction of sp³-hybridized carbons (Fsp3) is 0.378. The number of nitrogens with one attached hydrogen (secondary N) is 3. The van der Waals surface area contributed by atoms with Gasteiger partial charge in [-0.25, -0.2) is 4.79 Å². The van der Waals surface area contributed by atoms with Gasteiger partial charge in [0.05, 0.1) is 0 Å². The molecule has 4 aromatic rings. The summed E-state index contributed by atoms with van der Waals surface area (Å²) in [5.74, 6) is -0.614. The number of hydrogen-bond donors (Lipinski definition) is 3. The molecule has 2 aliphatic carbocycles. The molecule has 0 spiro atoms. The Morgan fingerprint density at radius 3 is 1.98 bits per heavy atom. The second-order valence-electron chi connectivity index (χ2n) is 14.9. The first-order valence-electron chi connectivity index (χ1n) is 19.7. The first-order valence-corrected chi connectivity index (χ1v) is 19.7. The molecule has 10 heteroatoms. The molecule has 0 bridgehead atoms. The van der Waals surface area contributed by atoms with Crippen molar-refractivity contribution in [1.82, 2.24) is 20.4 Å². The van der Waals surface area contributed by atoms with Gasteiger partial charge < -0.3 is 25.6 Å². The van der Waals surface area contributed by atoms with Gasteiger partial charge in [-0.1, -0.05) is 111 Å². The van der Waals surface area contributed by atoms with E-state index >= 15 is 0 Å². The minimum absolute atomic E-state index is 0.00825. The van der Waals surface area contributed by atoms with Crippen LogP contribution in [0.25, 0.3) is 11.1 Å². The monoisotopic (exact) mass is 741 g/mol. The van der Waals surface area contributed by atoms with Crippen LogP contribution in [0.15, 0.2) is 103 Å². The van der Waals surface area contributed by atoms with Crippen molar-refractivity contribution < 1.29 is 23.9 Å². The van der Waals surface area contributed by atoms with E-state index in [-0.39, 0.29) is 42.6 Å². The first kappa shape index (κ1) is 37.8. The molecule has 0 aromatic heterocycles. The largest absolute Gasteiger partial charge is 0.449 e. The van der Waals surface area contributed by atoms with Crippen molar-refractivity contribution >= 4 is 29.5 Å². The fourth-order valence-corrected chi connectivity index (χ4v) is 8.32. The zero-order valence-electron chi connectivity index (χ0n) is 31.5. The highest BCUT2D eigenvalue weighted by Crippen LogP contribution is 2.44. The second-order valence-corrected chi connectivity index (χ2v) is 14.9. The van der Waals surface area contributed by atoms with Crippen molar-refractivity contribution in [3.63, 3.8) is 0 Å². The van der Waals surface area contributed by atoms with E-state index in [2.05, 4.69) is 57.2 Å². The summed E-state index contributed by atoms with van der Waals surface area (Å²) in [4.78, 5) is 57.5. The zero-order valence-corrected chi connectivity index (χ0v) is 31.5. The number of hydrogen-bond acceptors (Lipinski definition) is 6. The lowest BCUT2D eigenvalue weighted by Gasteiger charge is -2.36. The van der Waals surface area contributed by atoms with Gasteiger partial charge in [-0.2, -0.15) is 0 Å². The second kappa shape index (κ2) is 17.8. The number of benzene rings is 4. The lowest BCUT2D eigenvalue weighted by Crippen LogP contribution is -2.55. The van der Waals surface area contributed by atoms with Gasteiger partial charge in [-0.3, -0.25) is 19.3 Å². The van der Waals surface area contributed by atoms with Crippen molar-refractivity contribution in [2.75, 3.05) is 38.1 Å². The Bertz CT molecular complexity index is 1910. The highest BCUT2D eigenvalue weighted by atomic mass is 16.5. The molecule has 1 saturated heterocycles. The number of carbonyl (C=O) groups excluding carboxylic acids is 4. The Morgan fingerprint density at radius 1 is 0.727 bits per heavy atom. The van der Waals surface area contributed by atoms with Crippen molar-refractivity contribution in [2.45, 2.75) is 70.0 Å². The standard InChI is InChI=1S/C45H51N5O5/c1-2-41(51)47-40(44(53)50-26-24-49(25-27-50)29-32-12-4-3-5-13-32)28-31-20-22-34(23-21-31)46-43(52)42(33-14-6-7-15-33)48-45(54)55-30-39-37-18-10-8-16-35(37)36-17-9-11-19-38(36)39/h3-5,8-13,16-23,33,39-40,42H,2,6-7,14-15,24-30H2,1H3,(H,46,52)(H,47,51)(H,48,54). The van der Waals surface area contributed by atoms with E-state index in [0.717, 1.165) is 73.1 Å². The van der Waals surface area contributed by atoms with Gasteiger partial charge in [0, 0.05) is 57.2 Å². The molecule has 7 rings (SSSR count). The molecule has 55 heavy (non-hydrogen) atoms. The molecular weight excluding hydrogens is 691 g/mol. The van der Waals surface area contributed by atoms with Gasteiger partial charge in [0.15, 0.2) is 0 Å². The molecule has 3 aliphatic rings. The molecule has 10 nitrogen and oxygen atoms in total. The molecule has 4 amide bonds. The summed E-state index contributed by atoms with van der Waals surface area (Å²) >= 11 is 0. The summed E-state index contributed by atoms with van der Waals surface area (Å²) in [6, 6.07) is 32.6. The normalized spacial score (nSPS) is 16.8. The molecule has 1 saturated carbocycles. The molecule has 1 heterocycles. The van der Waals surface area contributed by atoms with Gasteiger partial charge in [-0.15, -0.1) is 0 Å². The number of ether oxygens (including phenoxy) is 1. The first-order chi connectivity index (χ1) is 26.9. The van der Waals surface area contributed by atoms with Gasteiger partial charge in [-0.05, 0) is 64.3 Å². The number of nitrogens with zero attached hydrogens (tertiary/aromatic N) is 2. The van der Waals surface area contributed by atoms with Crippen LogP contribution in [-0.2, 0) is 32.1 Å². The van der Waals surface area contributed by atoms with E-state index in [1.54, 1.807) is 19.1 Å². The van der Waals surface area contributed by atoms with Crippen molar-refractivity contribution in [1.29, 1.82) is 0 Å². The maximum Gasteiger partial charge on any atom is 0.407 e. The smallest absolute Gasteiger partial charge is 0.407 e. The summed E-state index contributed by atoms with van der Waals surface area (Å²) in [7, 11) is 0. The molecule has 0 radical (unpaired) electrons. The average molecular weight is 742 g/mol. The van der Waals surface area contributed by atoms with E-state index in [4.69, 9.17) is 4.74 Å². The third-order valence-corrected chi connectivity index (χ3v) is 11.3. The van der Waals surface area contributed by atoms with Crippen molar-refractivity contribution in [3.8, 4) is 11.1 Å². The van der Waals surface area contributed by atoms with Crippen LogP contribution < -0.4 is 16.0 Å². The van der Waals surface area contributed by atoms with E-state index in [0.29, 0.717) is 25.2 Å². The maximum atomic E-state index is 13.7. The van der Waals surface area contributed by atoms with Crippen LogP contribution in [-0.4, -0.2) is 78.5 Å². The summed E-state index contributed by atoms with van der Waals surface area (Å²) in [5, 5.41) is 8.87. The highest BCUT2D eigenvalue weighted by molar-refractivity contribution is 5.97. The molecule has 2 atom stereocenters. The number of anilines is 1. The summed E-state index contributed by atoms with van der Waals surface area (Å²) in [6.45, 7) is 5.52. The van der Waals surface area contributed by atoms with Crippen molar-refractivity contribution in [3.05, 3.63) is 125 Å². The van der Waals surface area contributed by atoms with Gasteiger partial charge in [0.25, 0.3) is 0 Å². The lowest BCUT2D eigenvalue weighted by atomic mass is 9.97. The Kier molecular flexibility index (Phi) is 12.2. The van der Waals surface area contributed by atoms with E-state index in [1.165, 1.54) is 5.56 Å². The van der Waals surface area contributed by atoms with Crippen LogP contribution in [0.1, 0.15) is 67.2 Å². The fourth-order valence-electron chi connectivity index (χ4n) is 8.32. The summed E-state index contributed by atoms with van der Waals surface area (Å²) in [6.07, 6.45) is 3.72.